The molecule has 0 saturated carbocycles. The van der Waals surface area contributed by atoms with Gasteiger partial charge in [0.1, 0.15) is 0 Å². The van der Waals surface area contributed by atoms with E-state index < -0.39 is 0 Å². The third-order valence-electron chi connectivity index (χ3n) is 6.55. The largest absolute Gasteiger partial charge is 0.340 e. The van der Waals surface area contributed by atoms with Crippen molar-refractivity contribution in [1.29, 1.82) is 0 Å². The van der Waals surface area contributed by atoms with Crippen molar-refractivity contribution in [2.24, 2.45) is 5.10 Å². The number of pyridine rings is 1. The minimum atomic E-state index is -0.298. The van der Waals surface area contributed by atoms with E-state index in [2.05, 4.69) is 53.7 Å². The van der Waals surface area contributed by atoms with Crippen LogP contribution in [0.1, 0.15) is 32.7 Å². The molecular formula is C31H27ClN4O. The second-order valence-electron chi connectivity index (χ2n) is 9.20. The number of hydrogen-bond donors (Lipinski definition) is 1. The Hall–Kier alpha value is -4.22. The lowest BCUT2D eigenvalue weighted by Crippen LogP contribution is -2.18. The van der Waals surface area contributed by atoms with Crippen molar-refractivity contribution < 1.29 is 4.79 Å². The molecule has 3 aromatic carbocycles. The molecule has 0 spiro atoms. The lowest BCUT2D eigenvalue weighted by molar-refractivity contribution is 0.0956. The van der Waals surface area contributed by atoms with Gasteiger partial charge in [-0.2, -0.15) is 5.10 Å². The maximum atomic E-state index is 13.4. The molecule has 0 aliphatic carbocycles. The first-order valence-electron chi connectivity index (χ1n) is 12.1. The van der Waals surface area contributed by atoms with Crippen molar-refractivity contribution in [2.75, 3.05) is 0 Å². The number of hydrazone groups is 1. The van der Waals surface area contributed by atoms with E-state index in [1.807, 2.05) is 55.5 Å². The molecular weight excluding hydrogens is 480 g/mol. The molecule has 0 saturated heterocycles. The third-order valence-corrected chi connectivity index (χ3v) is 6.80. The predicted octanol–water partition coefficient (Wildman–Crippen LogP) is 7.39. The highest BCUT2D eigenvalue weighted by Gasteiger charge is 2.15. The van der Waals surface area contributed by atoms with E-state index in [0.717, 1.165) is 49.8 Å². The van der Waals surface area contributed by atoms with E-state index in [4.69, 9.17) is 16.6 Å². The number of carbonyl (C=O) groups is 1. The molecule has 0 radical (unpaired) electrons. The maximum absolute atomic E-state index is 13.4. The molecule has 37 heavy (non-hydrogen) atoms. The Kier molecular flexibility index (Phi) is 6.64. The lowest BCUT2D eigenvalue weighted by Gasteiger charge is -2.10. The molecule has 0 atom stereocenters. The Bertz CT molecular complexity index is 1700. The number of amides is 1. The van der Waals surface area contributed by atoms with Crippen LogP contribution < -0.4 is 5.43 Å². The Morgan fingerprint density at radius 2 is 1.70 bits per heavy atom. The SMILES string of the molecule is C=CCn1c(C)c(/C=N/NC(=O)c2cc(-c3ccc(Cl)cc3)nc3ccc(C)cc23)c2cc(C)ccc21. The van der Waals surface area contributed by atoms with Gasteiger partial charge >= 0.3 is 0 Å². The predicted molar refractivity (Wildman–Crippen MR) is 154 cm³/mol. The van der Waals surface area contributed by atoms with E-state index in [-0.39, 0.29) is 5.91 Å². The maximum Gasteiger partial charge on any atom is 0.272 e. The normalized spacial score (nSPS) is 11.5. The highest BCUT2D eigenvalue weighted by Crippen LogP contribution is 2.28. The number of carbonyl (C=O) groups excluding carboxylic acids is 1. The zero-order valence-corrected chi connectivity index (χ0v) is 21.8. The van der Waals surface area contributed by atoms with Crippen molar-refractivity contribution in [3.8, 4) is 11.3 Å². The summed E-state index contributed by atoms with van der Waals surface area (Å²) in [5.41, 5.74) is 10.9. The third kappa shape index (κ3) is 4.78. The minimum Gasteiger partial charge on any atom is -0.340 e. The van der Waals surface area contributed by atoms with E-state index in [1.54, 1.807) is 12.3 Å². The Morgan fingerprint density at radius 3 is 2.43 bits per heavy atom. The monoisotopic (exact) mass is 506 g/mol. The van der Waals surface area contributed by atoms with Crippen LogP contribution in [0, 0.1) is 20.8 Å². The minimum absolute atomic E-state index is 0.298. The van der Waals surface area contributed by atoms with Crippen LogP contribution in [0.15, 0.2) is 84.5 Å². The first kappa shape index (κ1) is 24.5. The fraction of sp³-hybridized carbons (Fsp3) is 0.129. The Labute approximate surface area is 221 Å². The summed E-state index contributed by atoms with van der Waals surface area (Å²) in [5, 5.41) is 6.89. The van der Waals surface area contributed by atoms with Crippen molar-refractivity contribution in [1.82, 2.24) is 15.0 Å². The topological polar surface area (TPSA) is 59.3 Å². The van der Waals surface area contributed by atoms with Gasteiger partial charge in [0.05, 0.1) is 23.0 Å². The van der Waals surface area contributed by atoms with Gasteiger partial charge < -0.3 is 4.57 Å². The van der Waals surface area contributed by atoms with E-state index in [9.17, 15) is 4.79 Å². The molecule has 1 N–H and O–H groups in total. The quantitative estimate of drug-likeness (QED) is 0.148. The lowest BCUT2D eigenvalue weighted by atomic mass is 10.0. The summed E-state index contributed by atoms with van der Waals surface area (Å²) >= 11 is 6.07. The number of aromatic nitrogens is 2. The molecule has 2 aromatic heterocycles. The van der Waals surface area contributed by atoms with E-state index in [0.29, 0.717) is 22.8 Å². The summed E-state index contributed by atoms with van der Waals surface area (Å²) in [4.78, 5) is 18.2. The van der Waals surface area contributed by atoms with Gasteiger partial charge in [0, 0.05) is 44.7 Å². The molecule has 1 amide bonds. The van der Waals surface area contributed by atoms with Gasteiger partial charge in [-0.05, 0) is 63.2 Å². The standard InChI is InChI=1S/C31H27ClN4O/c1-5-14-36-21(4)27(25-16-20(3)7-13-30(25)36)18-33-35-31(37)26-17-29(22-8-10-23(32)11-9-22)34-28-12-6-19(2)15-24(26)28/h5-13,15-18H,1,14H2,2-4H3,(H,35,37)/b33-18+. The summed E-state index contributed by atoms with van der Waals surface area (Å²) in [7, 11) is 0. The van der Waals surface area contributed by atoms with Crippen LogP contribution in [0.25, 0.3) is 33.1 Å². The van der Waals surface area contributed by atoms with Crippen molar-refractivity contribution in [2.45, 2.75) is 27.3 Å². The van der Waals surface area contributed by atoms with Gasteiger partial charge in [0.2, 0.25) is 0 Å². The number of rotatable bonds is 6. The van der Waals surface area contributed by atoms with Crippen LogP contribution in [0.5, 0.6) is 0 Å². The van der Waals surface area contributed by atoms with Crippen molar-refractivity contribution in [3.63, 3.8) is 0 Å². The molecule has 2 heterocycles. The van der Waals surface area contributed by atoms with Crippen LogP contribution in [0.2, 0.25) is 5.02 Å². The molecule has 6 heteroatoms. The van der Waals surface area contributed by atoms with Crippen LogP contribution in [-0.4, -0.2) is 21.7 Å². The number of hydrogen-bond acceptors (Lipinski definition) is 3. The second kappa shape index (κ2) is 10.0. The summed E-state index contributed by atoms with van der Waals surface area (Å²) in [5.74, 6) is -0.298. The smallest absolute Gasteiger partial charge is 0.272 e. The fourth-order valence-corrected chi connectivity index (χ4v) is 4.79. The number of aryl methyl sites for hydroxylation is 2. The van der Waals surface area contributed by atoms with Crippen LogP contribution >= 0.6 is 11.6 Å². The molecule has 0 unspecified atom stereocenters. The Balaban J connectivity index is 1.52. The molecule has 0 aliphatic heterocycles. The number of allylic oxidation sites excluding steroid dienone is 1. The number of nitrogens with zero attached hydrogens (tertiary/aromatic N) is 3. The van der Waals surface area contributed by atoms with Crippen LogP contribution in [0.3, 0.4) is 0 Å². The van der Waals surface area contributed by atoms with Crippen molar-refractivity contribution in [3.05, 3.63) is 112 Å². The number of nitrogens with one attached hydrogen (secondary N) is 1. The van der Waals surface area contributed by atoms with E-state index in [1.165, 1.54) is 0 Å². The van der Waals surface area contributed by atoms with Crippen LogP contribution in [0.4, 0.5) is 0 Å². The van der Waals surface area contributed by atoms with Gasteiger partial charge in [-0.15, -0.1) is 6.58 Å². The average molecular weight is 507 g/mol. The van der Waals surface area contributed by atoms with E-state index >= 15 is 0 Å². The van der Waals surface area contributed by atoms with Gasteiger partial charge in [-0.1, -0.05) is 53.1 Å². The molecule has 0 fully saturated rings. The highest BCUT2D eigenvalue weighted by molar-refractivity contribution is 6.30. The van der Waals surface area contributed by atoms with Gasteiger partial charge in [0.15, 0.2) is 0 Å². The molecule has 5 aromatic rings. The zero-order valence-electron chi connectivity index (χ0n) is 21.0. The summed E-state index contributed by atoms with van der Waals surface area (Å²) in [6.07, 6.45) is 3.60. The van der Waals surface area contributed by atoms with Crippen molar-refractivity contribution >= 4 is 45.5 Å². The van der Waals surface area contributed by atoms with Gasteiger partial charge in [-0.3, -0.25) is 4.79 Å². The summed E-state index contributed by atoms with van der Waals surface area (Å²) in [6, 6.07) is 21.5. The zero-order chi connectivity index (χ0) is 26.1. The number of benzene rings is 3. The van der Waals surface area contributed by atoms with Gasteiger partial charge in [0.25, 0.3) is 5.91 Å². The van der Waals surface area contributed by atoms with Crippen LogP contribution in [-0.2, 0) is 6.54 Å². The fourth-order valence-electron chi connectivity index (χ4n) is 4.66. The molecule has 0 bridgehead atoms. The average Bonchev–Trinajstić information content (AvgIpc) is 3.14. The molecule has 5 rings (SSSR count). The molecule has 0 aliphatic rings. The first-order valence-corrected chi connectivity index (χ1v) is 12.4. The number of halogens is 1. The highest BCUT2D eigenvalue weighted by atomic mass is 35.5. The first-order chi connectivity index (χ1) is 17.9. The molecule has 5 nitrogen and oxygen atoms in total. The van der Waals surface area contributed by atoms with Gasteiger partial charge in [-0.25, -0.2) is 10.4 Å². The molecule has 184 valence electrons. The second-order valence-corrected chi connectivity index (χ2v) is 9.64. The summed E-state index contributed by atoms with van der Waals surface area (Å²) < 4.78 is 2.20. The Morgan fingerprint density at radius 1 is 1.00 bits per heavy atom. The number of fused-ring (bicyclic) bond motifs is 2. The summed E-state index contributed by atoms with van der Waals surface area (Å²) in [6.45, 7) is 10.7.